The van der Waals surface area contributed by atoms with E-state index >= 15 is 0 Å². The van der Waals surface area contributed by atoms with Crippen LogP contribution in [0.15, 0.2) is 22.7 Å². The molecule has 0 bridgehead atoms. The fraction of sp³-hybridized carbons (Fsp3) is 0.167. The van der Waals surface area contributed by atoms with Gasteiger partial charge in [-0.1, -0.05) is 5.16 Å². The molecule has 7 nitrogen and oxygen atoms in total. The molecule has 0 fully saturated rings. The Morgan fingerprint density at radius 3 is 2.67 bits per heavy atom. The van der Waals surface area contributed by atoms with Crippen molar-refractivity contribution in [2.45, 2.75) is 13.5 Å². The topological polar surface area (TPSA) is 98.3 Å². The normalized spacial score (nSPS) is 10.4. The van der Waals surface area contributed by atoms with Crippen LogP contribution < -0.4 is 5.32 Å². The summed E-state index contributed by atoms with van der Waals surface area (Å²) in [5.74, 6) is -2.85. The summed E-state index contributed by atoms with van der Waals surface area (Å²) >= 11 is 0. The monoisotopic (exact) mass is 297 g/mol. The van der Waals surface area contributed by atoms with Gasteiger partial charge in [0.15, 0.2) is 0 Å². The van der Waals surface area contributed by atoms with Gasteiger partial charge in [-0.15, -0.1) is 0 Å². The number of rotatable bonds is 4. The van der Waals surface area contributed by atoms with E-state index in [1.165, 1.54) is 0 Å². The smallest absolute Gasteiger partial charge is 0.307 e. The number of nitro groups is 1. The van der Waals surface area contributed by atoms with Gasteiger partial charge in [0.2, 0.25) is 5.82 Å². The minimum atomic E-state index is -1.29. The minimum absolute atomic E-state index is 0.0474. The number of nitrogens with zero attached hydrogens (tertiary/aromatic N) is 2. The molecule has 0 saturated carbocycles. The summed E-state index contributed by atoms with van der Waals surface area (Å²) in [5.41, 5.74) is -1.25. The third kappa shape index (κ3) is 3.19. The average molecular weight is 297 g/mol. The van der Waals surface area contributed by atoms with E-state index in [0.29, 0.717) is 23.6 Å². The van der Waals surface area contributed by atoms with E-state index in [0.717, 1.165) is 0 Å². The van der Waals surface area contributed by atoms with Gasteiger partial charge in [-0.05, 0) is 13.0 Å². The quantitative estimate of drug-likeness (QED) is 0.688. The van der Waals surface area contributed by atoms with Crippen LogP contribution in [-0.4, -0.2) is 16.0 Å². The molecule has 0 atom stereocenters. The Kier molecular flexibility index (Phi) is 3.92. The van der Waals surface area contributed by atoms with Gasteiger partial charge in [0.25, 0.3) is 5.91 Å². The van der Waals surface area contributed by atoms with Crippen molar-refractivity contribution in [1.82, 2.24) is 10.5 Å². The number of benzene rings is 1. The van der Waals surface area contributed by atoms with Crippen molar-refractivity contribution in [3.05, 3.63) is 57.0 Å². The van der Waals surface area contributed by atoms with E-state index in [1.807, 2.05) is 0 Å². The number of hydrogen-bond acceptors (Lipinski definition) is 5. The van der Waals surface area contributed by atoms with Crippen molar-refractivity contribution in [2.75, 3.05) is 0 Å². The van der Waals surface area contributed by atoms with E-state index in [-0.39, 0.29) is 6.54 Å². The van der Waals surface area contributed by atoms with Gasteiger partial charge in [-0.2, -0.15) is 4.39 Å². The summed E-state index contributed by atoms with van der Waals surface area (Å²) < 4.78 is 31.8. The predicted molar refractivity (Wildman–Crippen MR) is 65.4 cm³/mol. The first-order valence-corrected chi connectivity index (χ1v) is 5.72. The molecule has 2 rings (SSSR count). The molecule has 0 aliphatic heterocycles. The second kappa shape index (κ2) is 5.65. The van der Waals surface area contributed by atoms with Crippen LogP contribution in [0.1, 0.15) is 21.8 Å². The van der Waals surface area contributed by atoms with Crippen LogP contribution >= 0.6 is 0 Å². The second-order valence-corrected chi connectivity index (χ2v) is 4.15. The lowest BCUT2D eigenvalue weighted by molar-refractivity contribution is -0.387. The molecular weight excluding hydrogens is 288 g/mol. The maximum Gasteiger partial charge on any atom is 0.307 e. The van der Waals surface area contributed by atoms with Crippen LogP contribution in [0.4, 0.5) is 14.5 Å². The lowest BCUT2D eigenvalue weighted by atomic mass is 10.1. The number of amides is 1. The molecule has 0 saturated heterocycles. The summed E-state index contributed by atoms with van der Waals surface area (Å²) in [5, 5.41) is 16.4. The van der Waals surface area contributed by atoms with Crippen molar-refractivity contribution in [3.8, 4) is 0 Å². The van der Waals surface area contributed by atoms with Crippen molar-refractivity contribution in [2.24, 2.45) is 0 Å². The number of aromatic nitrogens is 1. The first kappa shape index (κ1) is 14.6. The van der Waals surface area contributed by atoms with Gasteiger partial charge in [0.05, 0.1) is 23.1 Å². The molecule has 1 aromatic carbocycles. The number of aryl methyl sites for hydroxylation is 1. The van der Waals surface area contributed by atoms with Gasteiger partial charge < -0.3 is 9.84 Å². The Morgan fingerprint density at radius 2 is 2.10 bits per heavy atom. The average Bonchev–Trinajstić information content (AvgIpc) is 2.83. The zero-order valence-electron chi connectivity index (χ0n) is 10.7. The Labute approximate surface area is 116 Å². The van der Waals surface area contributed by atoms with E-state index in [1.54, 1.807) is 13.0 Å². The van der Waals surface area contributed by atoms with Crippen LogP contribution in [-0.2, 0) is 6.54 Å². The minimum Gasteiger partial charge on any atom is -0.361 e. The first-order chi connectivity index (χ1) is 9.88. The van der Waals surface area contributed by atoms with Crippen LogP contribution in [0.25, 0.3) is 0 Å². The lowest BCUT2D eigenvalue weighted by Crippen LogP contribution is -2.24. The van der Waals surface area contributed by atoms with Gasteiger partial charge >= 0.3 is 5.69 Å². The molecule has 2 aromatic rings. The molecule has 1 heterocycles. The molecule has 1 aromatic heterocycles. The lowest BCUT2D eigenvalue weighted by Gasteiger charge is -2.05. The third-order valence-corrected chi connectivity index (χ3v) is 2.58. The largest absolute Gasteiger partial charge is 0.361 e. The highest BCUT2D eigenvalue weighted by Gasteiger charge is 2.22. The highest BCUT2D eigenvalue weighted by atomic mass is 19.1. The van der Waals surface area contributed by atoms with E-state index in [4.69, 9.17) is 4.52 Å². The Morgan fingerprint density at radius 1 is 1.38 bits per heavy atom. The van der Waals surface area contributed by atoms with Crippen LogP contribution in [0.5, 0.6) is 0 Å². The Balaban J connectivity index is 2.15. The summed E-state index contributed by atoms with van der Waals surface area (Å²) in [6, 6.07) is 2.41. The highest BCUT2D eigenvalue weighted by Crippen LogP contribution is 2.21. The standard InChI is InChI=1S/C12H9F2N3O4/c1-6-2-7(16-21-6)5-15-12(18)8-3-10(14)11(17(19)20)4-9(8)13/h2-4H,5H2,1H3,(H,15,18). The second-order valence-electron chi connectivity index (χ2n) is 4.15. The molecule has 1 N–H and O–H groups in total. The molecule has 9 heteroatoms. The number of nitro benzene ring substituents is 1. The molecule has 0 spiro atoms. The Hall–Kier alpha value is -2.84. The van der Waals surface area contributed by atoms with Crippen LogP contribution in [0.2, 0.25) is 0 Å². The molecule has 0 radical (unpaired) electrons. The molecule has 0 aliphatic carbocycles. The number of hydrogen-bond donors (Lipinski definition) is 1. The SMILES string of the molecule is Cc1cc(CNC(=O)c2cc(F)c([N+](=O)[O-])cc2F)no1. The number of carbonyl (C=O) groups is 1. The molecular formula is C12H9F2N3O4. The van der Waals surface area contributed by atoms with Crippen molar-refractivity contribution in [1.29, 1.82) is 0 Å². The zero-order valence-corrected chi connectivity index (χ0v) is 10.7. The van der Waals surface area contributed by atoms with Gasteiger partial charge in [-0.3, -0.25) is 14.9 Å². The summed E-state index contributed by atoms with van der Waals surface area (Å²) in [7, 11) is 0. The van der Waals surface area contributed by atoms with Crippen molar-refractivity contribution in [3.63, 3.8) is 0 Å². The summed E-state index contributed by atoms with van der Waals surface area (Å²) in [6.07, 6.45) is 0. The summed E-state index contributed by atoms with van der Waals surface area (Å²) in [6.45, 7) is 1.61. The van der Waals surface area contributed by atoms with Gasteiger partial charge in [0, 0.05) is 6.07 Å². The molecule has 0 unspecified atom stereocenters. The first-order valence-electron chi connectivity index (χ1n) is 5.72. The maximum atomic E-state index is 13.6. The maximum absolute atomic E-state index is 13.6. The van der Waals surface area contributed by atoms with E-state index in [2.05, 4.69) is 10.5 Å². The van der Waals surface area contributed by atoms with E-state index < -0.39 is 33.7 Å². The predicted octanol–water partition coefficient (Wildman–Crippen LogP) is 2.10. The van der Waals surface area contributed by atoms with Gasteiger partial charge in [-0.25, -0.2) is 4.39 Å². The molecule has 1 amide bonds. The number of halogens is 2. The number of nitrogens with one attached hydrogen (secondary N) is 1. The Bertz CT molecular complexity index is 715. The van der Waals surface area contributed by atoms with Gasteiger partial charge in [0.1, 0.15) is 17.3 Å². The summed E-state index contributed by atoms with van der Waals surface area (Å²) in [4.78, 5) is 21.1. The third-order valence-electron chi connectivity index (χ3n) is 2.58. The van der Waals surface area contributed by atoms with Crippen LogP contribution in [0, 0.1) is 28.7 Å². The van der Waals surface area contributed by atoms with Crippen LogP contribution in [0.3, 0.4) is 0 Å². The van der Waals surface area contributed by atoms with E-state index in [9.17, 15) is 23.7 Å². The fourth-order valence-corrected chi connectivity index (χ4v) is 1.62. The highest BCUT2D eigenvalue weighted by molar-refractivity contribution is 5.94. The molecule has 110 valence electrons. The van der Waals surface area contributed by atoms with Crippen molar-refractivity contribution < 1.29 is 23.0 Å². The van der Waals surface area contributed by atoms with Crippen molar-refractivity contribution >= 4 is 11.6 Å². The molecule has 0 aliphatic rings. The number of carbonyl (C=O) groups excluding carboxylic acids is 1. The zero-order chi connectivity index (χ0) is 15.6. The molecule has 21 heavy (non-hydrogen) atoms. The fourth-order valence-electron chi connectivity index (χ4n) is 1.62.